The molecule has 0 aromatic rings. The minimum absolute atomic E-state index is 0. The van der Waals surface area contributed by atoms with Crippen molar-refractivity contribution < 1.29 is 28.6 Å². The van der Waals surface area contributed by atoms with Crippen molar-refractivity contribution in [3.05, 3.63) is 0 Å². The average molecular weight is 530 g/mol. The first-order valence-electron chi connectivity index (χ1n) is 13.2. The van der Waals surface area contributed by atoms with Gasteiger partial charge in [0, 0.05) is 41.0 Å². The number of Topliss-reactive ketones (excluding diaryl/α,β-unsaturated/α-hetero) is 3. The van der Waals surface area contributed by atoms with Gasteiger partial charge < -0.3 is 19.5 Å². The molecule has 0 unspecified atom stereocenters. The van der Waals surface area contributed by atoms with Crippen molar-refractivity contribution in [1.82, 2.24) is 5.32 Å². The van der Waals surface area contributed by atoms with Crippen LogP contribution in [-0.4, -0.2) is 68.1 Å². The Morgan fingerprint density at radius 3 is 0.946 bits per heavy atom. The van der Waals surface area contributed by atoms with E-state index in [2.05, 4.69) is 26.1 Å². The van der Waals surface area contributed by atoms with Gasteiger partial charge in [0.2, 0.25) is 0 Å². The molecule has 1 N–H and O–H groups in total. The van der Waals surface area contributed by atoms with Gasteiger partial charge in [-0.05, 0) is 20.8 Å². The number of nitrogens with one attached hydrogen (secondary N) is 1. The highest BCUT2D eigenvalue weighted by Gasteiger charge is 2.36. The molecule has 0 aliphatic heterocycles. The van der Waals surface area contributed by atoms with Crippen LogP contribution in [0.4, 0.5) is 0 Å². The van der Waals surface area contributed by atoms with E-state index in [-0.39, 0.29) is 50.1 Å². The molecule has 0 rings (SSSR count). The maximum Gasteiger partial charge on any atom is 0.140 e. The average Bonchev–Trinajstić information content (AvgIpc) is 2.67. The molecule has 0 aliphatic rings. The summed E-state index contributed by atoms with van der Waals surface area (Å²) < 4.78 is 18.0. The first-order chi connectivity index (χ1) is 16.1. The lowest BCUT2D eigenvalue weighted by Crippen LogP contribution is -2.62. The van der Waals surface area contributed by atoms with Crippen molar-refractivity contribution in [2.24, 2.45) is 16.2 Å². The third-order valence-corrected chi connectivity index (χ3v) is 5.71. The van der Waals surface area contributed by atoms with E-state index in [0.717, 1.165) is 0 Å². The lowest BCUT2D eigenvalue weighted by atomic mass is 9.89. The minimum Gasteiger partial charge on any atom is -0.379 e. The van der Waals surface area contributed by atoms with Crippen LogP contribution in [0.2, 0.25) is 0 Å². The SMILES string of the molecule is C.CC(C)(C)NC(COCCC(=O)C(C)(C)C)(COCCC(=O)C(C)(C)C)COCCC(=O)C(C)(C)C. The van der Waals surface area contributed by atoms with E-state index in [9.17, 15) is 14.4 Å². The molecule has 0 aromatic carbocycles. The van der Waals surface area contributed by atoms with E-state index in [1.165, 1.54) is 0 Å². The van der Waals surface area contributed by atoms with E-state index in [1.807, 2.05) is 62.3 Å². The lowest BCUT2D eigenvalue weighted by molar-refractivity contribution is -0.128. The number of carbonyl (C=O) groups excluding carboxylic acids is 3. The van der Waals surface area contributed by atoms with Crippen molar-refractivity contribution in [3.8, 4) is 0 Å². The zero-order valence-electron chi connectivity index (χ0n) is 25.3. The Morgan fingerprint density at radius 1 is 0.514 bits per heavy atom. The Kier molecular flexibility index (Phi) is 15.9. The van der Waals surface area contributed by atoms with Crippen molar-refractivity contribution in [3.63, 3.8) is 0 Å². The van der Waals surface area contributed by atoms with Gasteiger partial charge in [0.1, 0.15) is 17.3 Å². The molecule has 7 nitrogen and oxygen atoms in total. The molecule has 220 valence electrons. The van der Waals surface area contributed by atoms with Crippen molar-refractivity contribution in [1.29, 1.82) is 0 Å². The van der Waals surface area contributed by atoms with Crippen molar-refractivity contribution in [2.75, 3.05) is 39.6 Å². The summed E-state index contributed by atoms with van der Waals surface area (Å²) in [4.78, 5) is 37.0. The Labute approximate surface area is 228 Å². The summed E-state index contributed by atoms with van der Waals surface area (Å²) in [5, 5.41) is 3.60. The molecule has 0 radical (unpaired) electrons. The molecule has 0 aliphatic carbocycles. The van der Waals surface area contributed by atoms with Crippen molar-refractivity contribution >= 4 is 17.3 Å². The first kappa shape index (κ1) is 38.0. The summed E-state index contributed by atoms with van der Waals surface area (Å²) in [6.07, 6.45) is 0.991. The highest BCUT2D eigenvalue weighted by molar-refractivity contribution is 5.84. The van der Waals surface area contributed by atoms with E-state index in [1.54, 1.807) is 0 Å². The second-order valence-electron chi connectivity index (χ2n) is 14.1. The van der Waals surface area contributed by atoms with Gasteiger partial charge in [0.05, 0.1) is 45.2 Å². The number of hydrogen-bond donors (Lipinski definition) is 1. The third kappa shape index (κ3) is 17.1. The number of carbonyl (C=O) groups is 3. The molecule has 0 atom stereocenters. The summed E-state index contributed by atoms with van der Waals surface area (Å²) in [6.45, 7) is 25.0. The van der Waals surface area contributed by atoms with Gasteiger partial charge in [-0.2, -0.15) is 0 Å². The van der Waals surface area contributed by atoms with E-state index in [0.29, 0.717) is 39.1 Å². The summed E-state index contributed by atoms with van der Waals surface area (Å²) in [6, 6.07) is 0. The van der Waals surface area contributed by atoms with Gasteiger partial charge in [-0.25, -0.2) is 0 Å². The third-order valence-electron chi connectivity index (χ3n) is 5.71. The van der Waals surface area contributed by atoms with Gasteiger partial charge in [0.25, 0.3) is 0 Å². The first-order valence-corrected chi connectivity index (χ1v) is 13.2. The molecule has 0 amide bonds. The molecule has 37 heavy (non-hydrogen) atoms. The maximum atomic E-state index is 12.3. The minimum atomic E-state index is -0.710. The molecular weight excluding hydrogens is 470 g/mol. The fourth-order valence-electron chi connectivity index (χ4n) is 3.45. The Bertz CT molecular complexity index is 618. The maximum absolute atomic E-state index is 12.3. The monoisotopic (exact) mass is 529 g/mol. The summed E-state index contributed by atoms with van der Waals surface area (Å²) in [5.74, 6) is 0.433. The largest absolute Gasteiger partial charge is 0.379 e. The van der Waals surface area contributed by atoms with Crippen LogP contribution in [0, 0.1) is 16.2 Å². The van der Waals surface area contributed by atoms with Crippen LogP contribution in [0.15, 0.2) is 0 Å². The fraction of sp³-hybridized carbons (Fsp3) is 0.900. The topological polar surface area (TPSA) is 90.9 Å². The molecule has 0 spiro atoms. The standard InChI is InChI=1S/C29H55NO6.CH4/c1-25(2,3)22(31)13-16-34-19-29(30-28(10,11)12,20-35-17-14-23(32)26(4,5)6)21-36-18-15-24(33)27(7,8)9;/h30H,13-21H2,1-12H3;1H4. The number of ketones is 3. The van der Waals surface area contributed by atoms with Gasteiger partial charge >= 0.3 is 0 Å². The smallest absolute Gasteiger partial charge is 0.140 e. The van der Waals surface area contributed by atoms with E-state index < -0.39 is 21.8 Å². The highest BCUT2D eigenvalue weighted by atomic mass is 16.5. The van der Waals surface area contributed by atoms with E-state index in [4.69, 9.17) is 14.2 Å². The molecule has 0 saturated heterocycles. The number of hydrogen-bond acceptors (Lipinski definition) is 7. The molecule has 0 bridgehead atoms. The van der Waals surface area contributed by atoms with E-state index >= 15 is 0 Å². The van der Waals surface area contributed by atoms with Crippen LogP contribution in [0.25, 0.3) is 0 Å². The Balaban J connectivity index is 0. The fourth-order valence-corrected chi connectivity index (χ4v) is 3.45. The van der Waals surface area contributed by atoms with Crippen LogP contribution in [0.3, 0.4) is 0 Å². The highest BCUT2D eigenvalue weighted by Crippen LogP contribution is 2.21. The van der Waals surface area contributed by atoms with Crippen LogP contribution in [0.5, 0.6) is 0 Å². The normalized spacial score (nSPS) is 13.3. The van der Waals surface area contributed by atoms with Crippen molar-refractivity contribution in [2.45, 2.75) is 121 Å². The molecule has 7 heteroatoms. The Morgan fingerprint density at radius 2 is 0.757 bits per heavy atom. The quantitative estimate of drug-likeness (QED) is 0.252. The molecule has 0 heterocycles. The summed E-state index contributed by atoms with van der Waals surface area (Å²) in [5.41, 5.74) is -2.21. The van der Waals surface area contributed by atoms with Gasteiger partial charge in [-0.15, -0.1) is 0 Å². The number of rotatable bonds is 16. The van der Waals surface area contributed by atoms with Gasteiger partial charge in [-0.1, -0.05) is 69.7 Å². The molecule has 0 saturated carbocycles. The van der Waals surface area contributed by atoms with Crippen LogP contribution >= 0.6 is 0 Å². The molecule has 0 fully saturated rings. The lowest BCUT2D eigenvalue weighted by Gasteiger charge is -2.40. The molecule has 0 aromatic heterocycles. The summed E-state index contributed by atoms with van der Waals surface area (Å²) in [7, 11) is 0. The molecular formula is C30H59NO6. The Hall–Kier alpha value is -1.15. The van der Waals surface area contributed by atoms with Gasteiger partial charge in [0.15, 0.2) is 0 Å². The van der Waals surface area contributed by atoms with Gasteiger partial charge in [-0.3, -0.25) is 14.4 Å². The zero-order chi connectivity index (χ0) is 28.4. The predicted octanol–water partition coefficient (Wildman–Crippen LogP) is 5.82. The van der Waals surface area contributed by atoms with Crippen LogP contribution < -0.4 is 5.32 Å². The van der Waals surface area contributed by atoms with Crippen LogP contribution in [0.1, 0.15) is 110 Å². The second-order valence-corrected chi connectivity index (χ2v) is 14.1. The summed E-state index contributed by atoms with van der Waals surface area (Å²) >= 11 is 0. The van der Waals surface area contributed by atoms with Crippen LogP contribution in [-0.2, 0) is 28.6 Å². The predicted molar refractivity (Wildman–Crippen MR) is 152 cm³/mol. The zero-order valence-corrected chi connectivity index (χ0v) is 25.3. The number of ether oxygens (including phenoxy) is 3. The second kappa shape index (κ2) is 15.4.